The van der Waals surface area contributed by atoms with Crippen molar-refractivity contribution in [2.45, 2.75) is 63.3 Å². The summed E-state index contributed by atoms with van der Waals surface area (Å²) in [6.45, 7) is 1.25. The predicted molar refractivity (Wildman–Crippen MR) is 194 cm³/mol. The summed E-state index contributed by atoms with van der Waals surface area (Å²) >= 11 is 0. The molecule has 2 fully saturated rings. The summed E-state index contributed by atoms with van der Waals surface area (Å²) in [5.74, 6) is -0.131. The Morgan fingerprint density at radius 3 is 1.78 bits per heavy atom. The maximum atomic E-state index is 13.3. The molecule has 0 bridgehead atoms. The number of aliphatic hydroxyl groups excluding tert-OH is 1. The second-order valence-electron chi connectivity index (χ2n) is 12.9. The van der Waals surface area contributed by atoms with E-state index in [1.54, 1.807) is 9.80 Å². The molecular formula is C41H44N4O4. The van der Waals surface area contributed by atoms with Crippen LogP contribution in [0.5, 0.6) is 0 Å². The van der Waals surface area contributed by atoms with Gasteiger partial charge in [-0.05, 0) is 78.6 Å². The Hall–Kier alpha value is -5.21. The van der Waals surface area contributed by atoms with Crippen LogP contribution in [0.25, 0.3) is 12.2 Å². The Morgan fingerprint density at radius 2 is 1.18 bits per heavy atom. The number of anilines is 2. The van der Waals surface area contributed by atoms with Gasteiger partial charge >= 0.3 is 0 Å². The van der Waals surface area contributed by atoms with Crippen molar-refractivity contribution in [2.75, 3.05) is 23.7 Å². The van der Waals surface area contributed by atoms with E-state index in [-0.39, 0.29) is 23.8 Å². The molecule has 0 aromatic heterocycles. The molecule has 3 atom stereocenters. The number of hydrogen-bond donors (Lipinski definition) is 3. The number of aliphatic hydroxyl groups is 1. The number of rotatable bonds is 11. The number of carbonyl (C=O) groups is 3. The van der Waals surface area contributed by atoms with Gasteiger partial charge in [-0.1, -0.05) is 97.1 Å². The average Bonchev–Trinajstić information content (AvgIpc) is 3.64. The van der Waals surface area contributed by atoms with Crippen molar-refractivity contribution in [1.29, 1.82) is 0 Å². The number of nitrogens with one attached hydrogen (secondary N) is 2. The van der Waals surface area contributed by atoms with Crippen molar-refractivity contribution >= 4 is 41.2 Å². The van der Waals surface area contributed by atoms with Crippen LogP contribution in [-0.2, 0) is 27.2 Å². The molecule has 0 radical (unpaired) electrons. The number of amides is 3. The highest BCUT2D eigenvalue weighted by atomic mass is 16.3. The van der Waals surface area contributed by atoms with Crippen LogP contribution in [0.3, 0.4) is 0 Å². The van der Waals surface area contributed by atoms with Crippen LogP contribution in [0, 0.1) is 0 Å². The Labute approximate surface area is 288 Å². The fraction of sp³-hybridized carbons (Fsp3) is 0.293. The highest BCUT2D eigenvalue weighted by molar-refractivity contribution is 5.97. The van der Waals surface area contributed by atoms with E-state index in [1.807, 2.05) is 121 Å². The van der Waals surface area contributed by atoms with Gasteiger partial charge in [-0.15, -0.1) is 0 Å². The van der Waals surface area contributed by atoms with Crippen LogP contribution in [-0.4, -0.2) is 64.0 Å². The van der Waals surface area contributed by atoms with Crippen molar-refractivity contribution in [3.05, 3.63) is 131 Å². The maximum absolute atomic E-state index is 13.3. The lowest BCUT2D eigenvalue weighted by Crippen LogP contribution is -2.50. The Morgan fingerprint density at radius 1 is 0.653 bits per heavy atom. The summed E-state index contributed by atoms with van der Waals surface area (Å²) in [6.07, 6.45) is 7.89. The largest absolute Gasteiger partial charge is 0.372 e. The fourth-order valence-electron chi connectivity index (χ4n) is 6.73. The molecule has 2 aliphatic heterocycles. The van der Waals surface area contributed by atoms with E-state index in [0.717, 1.165) is 53.6 Å². The Bertz CT molecular complexity index is 1730. The molecule has 4 aromatic rings. The molecule has 2 aliphatic rings. The minimum absolute atomic E-state index is 0.0157. The smallest absolute Gasteiger partial charge is 0.247 e. The van der Waals surface area contributed by atoms with Gasteiger partial charge < -0.3 is 25.5 Å². The SMILES string of the molecule is O=C(Nc1ccc(/C=C/c2ccc(NC(O)[C@@H]3CCCN3C(=O)Cc3ccccc3)cc2)cc1)[C@@H]1CCCCN1C(=O)Cc1ccccc1. The molecule has 8 nitrogen and oxygen atoms in total. The first-order chi connectivity index (χ1) is 23.9. The first-order valence-electron chi connectivity index (χ1n) is 17.2. The zero-order valence-electron chi connectivity index (χ0n) is 27.7. The molecule has 0 saturated carbocycles. The molecule has 6 rings (SSSR count). The van der Waals surface area contributed by atoms with Crippen molar-refractivity contribution in [3.8, 4) is 0 Å². The van der Waals surface area contributed by atoms with Gasteiger partial charge in [-0.3, -0.25) is 14.4 Å². The van der Waals surface area contributed by atoms with Crippen LogP contribution in [0.15, 0.2) is 109 Å². The highest BCUT2D eigenvalue weighted by Crippen LogP contribution is 2.24. The van der Waals surface area contributed by atoms with Crippen molar-refractivity contribution in [2.24, 2.45) is 0 Å². The van der Waals surface area contributed by atoms with Crippen LogP contribution in [0.2, 0.25) is 0 Å². The Balaban J connectivity index is 0.992. The van der Waals surface area contributed by atoms with E-state index in [1.165, 1.54) is 0 Å². The van der Waals surface area contributed by atoms with E-state index in [0.29, 0.717) is 38.0 Å². The van der Waals surface area contributed by atoms with Crippen molar-refractivity contribution < 1.29 is 19.5 Å². The number of nitrogens with zero attached hydrogens (tertiary/aromatic N) is 2. The number of hydrogen-bond acceptors (Lipinski definition) is 5. The van der Waals surface area contributed by atoms with E-state index in [4.69, 9.17) is 0 Å². The molecule has 4 aromatic carbocycles. The van der Waals surface area contributed by atoms with Gasteiger partial charge in [0.15, 0.2) is 0 Å². The van der Waals surface area contributed by atoms with Gasteiger partial charge in [-0.2, -0.15) is 0 Å². The number of likely N-dealkylation sites (tertiary alicyclic amines) is 2. The second kappa shape index (κ2) is 16.3. The number of piperidine rings is 1. The molecule has 8 heteroatoms. The lowest BCUT2D eigenvalue weighted by atomic mass is 9.99. The summed E-state index contributed by atoms with van der Waals surface area (Å²) in [7, 11) is 0. The lowest BCUT2D eigenvalue weighted by Gasteiger charge is -2.34. The zero-order valence-corrected chi connectivity index (χ0v) is 27.7. The van der Waals surface area contributed by atoms with Crippen LogP contribution < -0.4 is 10.6 Å². The first kappa shape index (κ1) is 33.7. The predicted octanol–water partition coefficient (Wildman–Crippen LogP) is 6.38. The van der Waals surface area contributed by atoms with Gasteiger partial charge in [0, 0.05) is 24.5 Å². The van der Waals surface area contributed by atoms with Crippen LogP contribution in [0.1, 0.15) is 54.4 Å². The van der Waals surface area contributed by atoms with E-state index in [9.17, 15) is 19.5 Å². The first-order valence-corrected chi connectivity index (χ1v) is 17.2. The molecule has 2 saturated heterocycles. The van der Waals surface area contributed by atoms with E-state index in [2.05, 4.69) is 10.6 Å². The molecule has 3 amide bonds. The second-order valence-corrected chi connectivity index (χ2v) is 12.9. The lowest BCUT2D eigenvalue weighted by molar-refractivity contribution is -0.139. The summed E-state index contributed by atoms with van der Waals surface area (Å²) in [5, 5.41) is 17.2. The van der Waals surface area contributed by atoms with Gasteiger partial charge in [0.25, 0.3) is 0 Å². The summed E-state index contributed by atoms with van der Waals surface area (Å²) < 4.78 is 0. The summed E-state index contributed by atoms with van der Waals surface area (Å²) in [6, 6.07) is 34.1. The minimum Gasteiger partial charge on any atom is -0.372 e. The molecule has 1 unspecified atom stereocenters. The maximum Gasteiger partial charge on any atom is 0.247 e. The van der Waals surface area contributed by atoms with E-state index < -0.39 is 12.3 Å². The molecule has 3 N–H and O–H groups in total. The van der Waals surface area contributed by atoms with Gasteiger partial charge in [0.2, 0.25) is 17.7 Å². The molecule has 0 spiro atoms. The Kier molecular flexibility index (Phi) is 11.2. The zero-order chi connectivity index (χ0) is 34.0. The molecular weight excluding hydrogens is 612 g/mol. The van der Waals surface area contributed by atoms with Crippen LogP contribution in [0.4, 0.5) is 11.4 Å². The van der Waals surface area contributed by atoms with E-state index >= 15 is 0 Å². The molecule has 0 aliphatic carbocycles. The van der Waals surface area contributed by atoms with Crippen molar-refractivity contribution in [3.63, 3.8) is 0 Å². The normalized spacial score (nSPS) is 18.3. The average molecular weight is 657 g/mol. The highest BCUT2D eigenvalue weighted by Gasteiger charge is 2.34. The fourth-order valence-corrected chi connectivity index (χ4v) is 6.73. The number of benzene rings is 4. The third-order valence-corrected chi connectivity index (χ3v) is 9.38. The topological polar surface area (TPSA) is 102 Å². The van der Waals surface area contributed by atoms with Gasteiger partial charge in [0.05, 0.1) is 18.9 Å². The summed E-state index contributed by atoms with van der Waals surface area (Å²) in [4.78, 5) is 42.9. The van der Waals surface area contributed by atoms with Gasteiger partial charge in [-0.25, -0.2) is 0 Å². The standard InChI is InChI=1S/C41H44N4O4/c46-38(28-32-10-3-1-4-11-32)44-26-8-7-14-36(44)40(48)42-34-22-18-30(19-23-34)16-17-31-20-24-35(25-21-31)43-41(49)37-15-9-27-45(37)39(47)29-33-12-5-2-6-13-33/h1-6,10-13,16-25,36-37,41,43,49H,7-9,14-15,26-29H2,(H,42,48)/b17-16+/t36-,37-,41?/m0/s1. The molecule has 252 valence electrons. The third-order valence-electron chi connectivity index (χ3n) is 9.38. The minimum atomic E-state index is -0.862. The molecule has 2 heterocycles. The number of carbonyl (C=O) groups excluding carboxylic acids is 3. The quantitative estimate of drug-likeness (QED) is 0.128. The third kappa shape index (κ3) is 9.03. The molecule has 49 heavy (non-hydrogen) atoms. The van der Waals surface area contributed by atoms with Crippen LogP contribution >= 0.6 is 0 Å². The van der Waals surface area contributed by atoms with Gasteiger partial charge in [0.1, 0.15) is 12.3 Å². The van der Waals surface area contributed by atoms with Crippen molar-refractivity contribution in [1.82, 2.24) is 9.80 Å². The summed E-state index contributed by atoms with van der Waals surface area (Å²) in [5.41, 5.74) is 5.38. The monoisotopic (exact) mass is 656 g/mol.